The van der Waals surface area contributed by atoms with Gasteiger partial charge in [0.05, 0.1) is 11.4 Å². The Hall–Kier alpha value is -2.56. The number of thiophene rings is 1. The van der Waals surface area contributed by atoms with E-state index in [1.165, 1.54) is 45.9 Å². The van der Waals surface area contributed by atoms with Crippen molar-refractivity contribution >= 4 is 51.2 Å². The van der Waals surface area contributed by atoms with Crippen LogP contribution in [0.2, 0.25) is 0 Å². The number of benzene rings is 1. The van der Waals surface area contributed by atoms with E-state index in [9.17, 15) is 9.18 Å². The molecule has 3 aromatic heterocycles. The lowest BCUT2D eigenvalue weighted by molar-refractivity contribution is -0.115. The molecular formula is C20H18FN5OS3. The number of hydrogen-bond donors (Lipinski definition) is 0. The summed E-state index contributed by atoms with van der Waals surface area (Å²) in [6.45, 7) is 2.21. The van der Waals surface area contributed by atoms with Crippen LogP contribution in [0.1, 0.15) is 17.5 Å². The molecule has 4 rings (SSSR count). The number of carbonyl (C=O) groups is 1. The fourth-order valence-electron chi connectivity index (χ4n) is 2.84. The molecule has 0 fully saturated rings. The lowest BCUT2D eigenvalue weighted by atomic mass is 10.3. The summed E-state index contributed by atoms with van der Waals surface area (Å²) in [5, 5.41) is 13.4. The molecule has 1 amide bonds. The largest absolute Gasteiger partial charge is 0.308 e. The predicted molar refractivity (Wildman–Crippen MR) is 119 cm³/mol. The van der Waals surface area contributed by atoms with Gasteiger partial charge in [-0.2, -0.15) is 0 Å². The molecule has 0 aliphatic heterocycles. The van der Waals surface area contributed by atoms with E-state index in [1.54, 1.807) is 35.9 Å². The molecule has 0 saturated carbocycles. The Morgan fingerprint density at radius 2 is 2.10 bits per heavy atom. The molecule has 154 valence electrons. The molecule has 0 unspecified atom stereocenters. The number of aromatic nitrogens is 4. The molecular weight excluding hydrogens is 441 g/mol. The normalized spacial score (nSPS) is 11.0. The van der Waals surface area contributed by atoms with Crippen molar-refractivity contribution in [1.82, 2.24) is 19.7 Å². The Kier molecular flexibility index (Phi) is 6.56. The summed E-state index contributed by atoms with van der Waals surface area (Å²) in [5.41, 5.74) is 1.00. The molecule has 30 heavy (non-hydrogen) atoms. The van der Waals surface area contributed by atoms with Gasteiger partial charge in [0.1, 0.15) is 12.1 Å². The quantitative estimate of drug-likeness (QED) is 0.341. The lowest BCUT2D eigenvalue weighted by Crippen LogP contribution is -2.23. The summed E-state index contributed by atoms with van der Waals surface area (Å²) >= 11 is 4.59. The molecule has 10 heteroatoms. The number of thioether (sulfide) groups is 1. The predicted octanol–water partition coefficient (Wildman–Crippen LogP) is 5.15. The molecule has 0 N–H and O–H groups in total. The minimum atomic E-state index is -0.460. The highest BCUT2D eigenvalue weighted by atomic mass is 32.2. The average Bonchev–Trinajstić information content (AvgIpc) is 3.48. The molecule has 3 heterocycles. The summed E-state index contributed by atoms with van der Waals surface area (Å²) in [6.07, 6.45) is 2.67. The topological polar surface area (TPSA) is 63.9 Å². The van der Waals surface area contributed by atoms with E-state index in [-0.39, 0.29) is 11.6 Å². The highest BCUT2D eigenvalue weighted by molar-refractivity contribution is 7.98. The van der Waals surface area contributed by atoms with Gasteiger partial charge < -0.3 is 4.57 Å². The molecule has 4 aromatic rings. The smallest absolute Gasteiger partial charge is 0.230 e. The zero-order valence-corrected chi connectivity index (χ0v) is 18.5. The van der Waals surface area contributed by atoms with Gasteiger partial charge in [0, 0.05) is 29.5 Å². The van der Waals surface area contributed by atoms with E-state index in [2.05, 4.69) is 26.6 Å². The molecule has 0 aliphatic rings. The SMILES string of the molecule is CC(=O)N(c1nc(CSc2nncn2CCc2cccs2)cs1)c1ccccc1F. The van der Waals surface area contributed by atoms with Gasteiger partial charge in [-0.3, -0.25) is 9.69 Å². The Morgan fingerprint density at radius 1 is 1.23 bits per heavy atom. The number of nitrogens with zero attached hydrogens (tertiary/aromatic N) is 5. The standard InChI is InChI=1S/C20H18FN5OS3/c1-14(27)26(18-7-3-2-6-17(18)21)19-23-15(11-29-19)12-30-20-24-22-13-25(20)9-8-16-5-4-10-28-16/h2-7,10-11,13H,8-9,12H2,1H3. The van der Waals surface area contributed by atoms with Gasteiger partial charge in [0.25, 0.3) is 0 Å². The molecule has 0 saturated heterocycles. The molecule has 6 nitrogen and oxygen atoms in total. The lowest BCUT2D eigenvalue weighted by Gasteiger charge is -2.18. The zero-order chi connectivity index (χ0) is 20.9. The minimum Gasteiger partial charge on any atom is -0.308 e. The zero-order valence-electron chi connectivity index (χ0n) is 16.1. The van der Waals surface area contributed by atoms with Crippen LogP contribution >= 0.6 is 34.4 Å². The third-order valence-electron chi connectivity index (χ3n) is 4.25. The van der Waals surface area contributed by atoms with Gasteiger partial charge in [-0.05, 0) is 30.0 Å². The maximum atomic E-state index is 14.2. The maximum Gasteiger partial charge on any atom is 0.230 e. The van der Waals surface area contributed by atoms with Gasteiger partial charge in [0.2, 0.25) is 5.91 Å². The van der Waals surface area contributed by atoms with Crippen LogP contribution in [-0.2, 0) is 23.5 Å². The van der Waals surface area contributed by atoms with Crippen molar-refractivity contribution < 1.29 is 9.18 Å². The highest BCUT2D eigenvalue weighted by Crippen LogP contribution is 2.32. The fraction of sp³-hybridized carbons (Fsp3) is 0.200. The second kappa shape index (κ2) is 9.50. The van der Waals surface area contributed by atoms with Crippen molar-refractivity contribution in [2.24, 2.45) is 0 Å². The number of para-hydroxylation sites is 1. The van der Waals surface area contributed by atoms with Gasteiger partial charge in [-0.1, -0.05) is 30.0 Å². The fourth-order valence-corrected chi connectivity index (χ4v) is 5.36. The second-order valence-corrected chi connectivity index (χ2v) is 9.16. The van der Waals surface area contributed by atoms with Crippen LogP contribution in [0.5, 0.6) is 0 Å². The van der Waals surface area contributed by atoms with E-state index >= 15 is 0 Å². The van der Waals surface area contributed by atoms with Gasteiger partial charge in [-0.15, -0.1) is 32.9 Å². The first-order valence-corrected chi connectivity index (χ1v) is 11.9. The summed E-state index contributed by atoms with van der Waals surface area (Å²) in [4.78, 5) is 19.3. The Labute approximate surface area is 185 Å². The van der Waals surface area contributed by atoms with E-state index in [0.717, 1.165) is 23.8 Å². The van der Waals surface area contributed by atoms with E-state index in [0.29, 0.717) is 10.9 Å². The number of carbonyl (C=O) groups excluding carboxylic acids is 1. The molecule has 0 spiro atoms. The summed E-state index contributed by atoms with van der Waals surface area (Å²) < 4.78 is 16.2. The van der Waals surface area contributed by atoms with Crippen molar-refractivity contribution in [2.45, 2.75) is 30.8 Å². The van der Waals surface area contributed by atoms with Gasteiger partial charge in [-0.25, -0.2) is 9.37 Å². The van der Waals surface area contributed by atoms with Crippen molar-refractivity contribution in [2.75, 3.05) is 4.90 Å². The Bertz CT molecular complexity index is 1130. The van der Waals surface area contributed by atoms with E-state index < -0.39 is 5.82 Å². The van der Waals surface area contributed by atoms with Crippen molar-refractivity contribution in [3.8, 4) is 0 Å². The van der Waals surface area contributed by atoms with E-state index in [1.807, 2.05) is 16.0 Å². The summed E-state index contributed by atoms with van der Waals surface area (Å²) in [5.74, 6) is -0.170. The van der Waals surface area contributed by atoms with Gasteiger partial charge in [0.15, 0.2) is 10.3 Å². The number of thiazole rings is 1. The Morgan fingerprint density at radius 3 is 2.87 bits per heavy atom. The molecule has 0 bridgehead atoms. The number of amides is 1. The first-order chi connectivity index (χ1) is 14.6. The summed E-state index contributed by atoms with van der Waals surface area (Å²) in [6, 6.07) is 10.4. The van der Waals surface area contributed by atoms with Crippen LogP contribution < -0.4 is 4.90 Å². The maximum absolute atomic E-state index is 14.2. The minimum absolute atomic E-state index is 0.201. The summed E-state index contributed by atoms with van der Waals surface area (Å²) in [7, 11) is 0. The Balaban J connectivity index is 1.43. The first kappa shape index (κ1) is 20.7. The van der Waals surface area contributed by atoms with Crippen LogP contribution in [0.4, 0.5) is 15.2 Å². The molecule has 0 radical (unpaired) electrons. The van der Waals surface area contributed by atoms with Crippen molar-refractivity contribution in [1.29, 1.82) is 0 Å². The molecule has 1 aromatic carbocycles. The number of aryl methyl sites for hydroxylation is 2. The molecule has 0 aliphatic carbocycles. The number of anilines is 2. The van der Waals surface area contributed by atoms with Crippen LogP contribution in [0, 0.1) is 5.82 Å². The van der Waals surface area contributed by atoms with Crippen LogP contribution in [0.3, 0.4) is 0 Å². The highest BCUT2D eigenvalue weighted by Gasteiger charge is 2.21. The van der Waals surface area contributed by atoms with Gasteiger partial charge >= 0.3 is 0 Å². The van der Waals surface area contributed by atoms with Crippen molar-refractivity contribution in [3.05, 3.63) is 69.9 Å². The second-order valence-electron chi connectivity index (χ2n) is 6.35. The van der Waals surface area contributed by atoms with Crippen LogP contribution in [0.15, 0.2) is 58.6 Å². The molecule has 0 atom stereocenters. The van der Waals surface area contributed by atoms with Crippen LogP contribution in [-0.4, -0.2) is 25.7 Å². The first-order valence-electron chi connectivity index (χ1n) is 9.14. The third kappa shape index (κ3) is 4.77. The number of rotatable bonds is 8. The van der Waals surface area contributed by atoms with E-state index in [4.69, 9.17) is 0 Å². The number of halogens is 1. The third-order valence-corrected chi connectivity index (χ3v) is 7.07. The number of hydrogen-bond acceptors (Lipinski definition) is 7. The average molecular weight is 460 g/mol. The van der Waals surface area contributed by atoms with Crippen molar-refractivity contribution in [3.63, 3.8) is 0 Å². The van der Waals surface area contributed by atoms with Crippen LogP contribution in [0.25, 0.3) is 0 Å². The monoisotopic (exact) mass is 459 g/mol.